The van der Waals surface area contributed by atoms with Crippen LogP contribution in [0.15, 0.2) is 36.4 Å². The fraction of sp³-hybridized carbons (Fsp3) is 0.222. The van der Waals surface area contributed by atoms with Crippen LogP contribution < -0.4 is 5.32 Å². The van der Waals surface area contributed by atoms with Crippen molar-refractivity contribution in [1.82, 2.24) is 0 Å². The fourth-order valence-corrected chi connectivity index (χ4v) is 2.46. The summed E-state index contributed by atoms with van der Waals surface area (Å²) in [7, 11) is 0. The molecule has 1 aliphatic carbocycles. The number of ketones is 1. The predicted octanol–water partition coefficient (Wildman–Crippen LogP) is 3.59. The lowest BCUT2D eigenvalue weighted by molar-refractivity contribution is -0.123. The molecular formula is C18H17NO3. The Labute approximate surface area is 128 Å². The molecule has 0 unspecified atom stereocenters. The smallest absolute Gasteiger partial charge is 0.229 e. The Morgan fingerprint density at radius 1 is 0.955 bits per heavy atom. The van der Waals surface area contributed by atoms with Crippen molar-refractivity contribution in [3.8, 4) is 16.9 Å². The van der Waals surface area contributed by atoms with Crippen molar-refractivity contribution in [2.24, 2.45) is 5.41 Å². The zero-order chi connectivity index (χ0) is 16.1. The zero-order valence-corrected chi connectivity index (χ0v) is 12.7. The summed E-state index contributed by atoms with van der Waals surface area (Å²) in [6.07, 6.45) is 0. The van der Waals surface area contributed by atoms with Crippen LogP contribution in [0.2, 0.25) is 0 Å². The number of phenolic OH excluding ortho intramolecular Hbond substituents is 1. The van der Waals surface area contributed by atoms with Crippen molar-refractivity contribution in [2.45, 2.75) is 20.8 Å². The van der Waals surface area contributed by atoms with Crippen molar-refractivity contribution in [1.29, 1.82) is 0 Å². The third kappa shape index (κ3) is 2.26. The lowest BCUT2D eigenvalue weighted by atomic mass is 9.95. The van der Waals surface area contributed by atoms with Crippen molar-refractivity contribution in [3.05, 3.63) is 47.5 Å². The molecular weight excluding hydrogens is 278 g/mol. The number of benzene rings is 2. The Morgan fingerprint density at radius 3 is 2.32 bits per heavy atom. The van der Waals surface area contributed by atoms with Gasteiger partial charge in [0.05, 0.1) is 0 Å². The van der Waals surface area contributed by atoms with Crippen molar-refractivity contribution in [2.75, 3.05) is 5.32 Å². The number of phenols is 1. The third-order valence-corrected chi connectivity index (χ3v) is 3.74. The Balaban J connectivity index is 2.00. The van der Waals surface area contributed by atoms with Crippen LogP contribution in [0.5, 0.6) is 5.75 Å². The summed E-state index contributed by atoms with van der Waals surface area (Å²) in [6.45, 7) is 5.50. The molecule has 0 heterocycles. The summed E-state index contributed by atoms with van der Waals surface area (Å²) in [4.78, 5) is 24.5. The molecule has 0 saturated heterocycles. The normalized spacial score (nSPS) is 12.8. The van der Waals surface area contributed by atoms with Gasteiger partial charge in [-0.05, 0) is 41.5 Å². The number of nitrogens with one attached hydrogen (secondary N) is 1. The highest BCUT2D eigenvalue weighted by molar-refractivity contribution is 6.22. The van der Waals surface area contributed by atoms with Crippen LogP contribution in [-0.2, 0) is 4.79 Å². The van der Waals surface area contributed by atoms with E-state index in [1.807, 2.05) is 20.8 Å². The van der Waals surface area contributed by atoms with Gasteiger partial charge in [-0.1, -0.05) is 26.8 Å². The molecule has 0 bridgehead atoms. The molecule has 4 heteroatoms. The number of rotatable bonds is 1. The first-order valence-electron chi connectivity index (χ1n) is 7.11. The van der Waals surface area contributed by atoms with E-state index in [1.165, 1.54) is 6.07 Å². The Morgan fingerprint density at radius 2 is 1.64 bits per heavy atom. The number of amides is 1. The molecule has 4 nitrogen and oxygen atoms in total. The maximum absolute atomic E-state index is 12.4. The molecule has 0 spiro atoms. The summed E-state index contributed by atoms with van der Waals surface area (Å²) >= 11 is 0. The molecule has 0 saturated carbocycles. The molecule has 2 N–H and O–H groups in total. The SMILES string of the molecule is CC(C)(C)C(=O)Nc1ccc2c(c1)C(=O)c1ccc(O)cc1-2. The van der Waals surface area contributed by atoms with Gasteiger partial charge in [0.2, 0.25) is 5.91 Å². The van der Waals surface area contributed by atoms with E-state index in [0.29, 0.717) is 16.8 Å². The number of carbonyl (C=O) groups excluding carboxylic acids is 2. The van der Waals surface area contributed by atoms with E-state index in [2.05, 4.69) is 5.32 Å². The van der Waals surface area contributed by atoms with E-state index >= 15 is 0 Å². The van der Waals surface area contributed by atoms with E-state index in [9.17, 15) is 14.7 Å². The maximum Gasteiger partial charge on any atom is 0.229 e. The van der Waals surface area contributed by atoms with E-state index in [1.54, 1.807) is 30.3 Å². The monoisotopic (exact) mass is 295 g/mol. The lowest BCUT2D eigenvalue weighted by Crippen LogP contribution is -2.27. The average molecular weight is 295 g/mol. The van der Waals surface area contributed by atoms with Gasteiger partial charge in [0.25, 0.3) is 0 Å². The number of aromatic hydroxyl groups is 1. The Hall–Kier alpha value is -2.62. The molecule has 3 rings (SSSR count). The van der Waals surface area contributed by atoms with Gasteiger partial charge < -0.3 is 10.4 Å². The van der Waals surface area contributed by atoms with Gasteiger partial charge in [-0.2, -0.15) is 0 Å². The fourth-order valence-electron chi connectivity index (χ4n) is 2.46. The van der Waals surface area contributed by atoms with Gasteiger partial charge in [-0.3, -0.25) is 9.59 Å². The Bertz CT molecular complexity index is 800. The van der Waals surface area contributed by atoms with E-state index < -0.39 is 5.41 Å². The summed E-state index contributed by atoms with van der Waals surface area (Å²) in [6, 6.07) is 9.99. The average Bonchev–Trinajstić information content (AvgIpc) is 2.70. The molecule has 112 valence electrons. The molecule has 0 atom stereocenters. The molecule has 0 aliphatic heterocycles. The largest absolute Gasteiger partial charge is 0.508 e. The van der Waals surface area contributed by atoms with Gasteiger partial charge in [0, 0.05) is 22.2 Å². The standard InChI is InChI=1S/C18H17NO3/c1-18(2,3)17(22)19-10-4-6-12-14-9-11(20)5-7-13(14)16(21)15(12)8-10/h4-9,20H,1-3H3,(H,19,22). The molecule has 1 amide bonds. The lowest BCUT2D eigenvalue weighted by Gasteiger charge is -2.18. The molecule has 2 aromatic rings. The second-order valence-corrected chi connectivity index (χ2v) is 6.52. The van der Waals surface area contributed by atoms with Crippen molar-refractivity contribution >= 4 is 17.4 Å². The minimum absolute atomic E-state index is 0.0862. The van der Waals surface area contributed by atoms with Gasteiger partial charge >= 0.3 is 0 Å². The molecule has 22 heavy (non-hydrogen) atoms. The predicted molar refractivity (Wildman–Crippen MR) is 85.1 cm³/mol. The second-order valence-electron chi connectivity index (χ2n) is 6.52. The van der Waals surface area contributed by atoms with E-state index in [4.69, 9.17) is 0 Å². The van der Waals surface area contributed by atoms with Crippen LogP contribution in [0.4, 0.5) is 5.69 Å². The molecule has 0 fully saturated rings. The number of anilines is 1. The summed E-state index contributed by atoms with van der Waals surface area (Å²) in [5.41, 5.74) is 2.74. The number of carbonyl (C=O) groups is 2. The van der Waals surface area contributed by atoms with Crippen LogP contribution in [0.25, 0.3) is 11.1 Å². The van der Waals surface area contributed by atoms with Crippen LogP contribution in [-0.4, -0.2) is 16.8 Å². The van der Waals surface area contributed by atoms with Gasteiger partial charge in [0.1, 0.15) is 5.75 Å². The highest BCUT2D eigenvalue weighted by Crippen LogP contribution is 2.39. The second kappa shape index (κ2) is 4.70. The topological polar surface area (TPSA) is 66.4 Å². The summed E-state index contributed by atoms with van der Waals surface area (Å²) in [5, 5.41) is 12.4. The molecule has 1 aliphatic rings. The van der Waals surface area contributed by atoms with Crippen LogP contribution in [0.3, 0.4) is 0 Å². The van der Waals surface area contributed by atoms with Gasteiger partial charge in [0.15, 0.2) is 5.78 Å². The van der Waals surface area contributed by atoms with Crippen LogP contribution >= 0.6 is 0 Å². The first-order chi connectivity index (χ1) is 10.3. The number of hydrogen-bond donors (Lipinski definition) is 2. The summed E-state index contributed by atoms with van der Waals surface area (Å²) < 4.78 is 0. The van der Waals surface area contributed by atoms with Crippen molar-refractivity contribution in [3.63, 3.8) is 0 Å². The first-order valence-corrected chi connectivity index (χ1v) is 7.11. The molecule has 0 radical (unpaired) electrons. The number of fused-ring (bicyclic) bond motifs is 3. The quantitative estimate of drug-likeness (QED) is 0.721. The molecule has 2 aromatic carbocycles. The summed E-state index contributed by atoms with van der Waals surface area (Å²) in [5.74, 6) is -0.0607. The third-order valence-electron chi connectivity index (χ3n) is 3.74. The minimum atomic E-state index is -0.502. The van der Waals surface area contributed by atoms with Crippen molar-refractivity contribution < 1.29 is 14.7 Å². The van der Waals surface area contributed by atoms with Gasteiger partial charge in [-0.25, -0.2) is 0 Å². The highest BCUT2D eigenvalue weighted by atomic mass is 16.3. The highest BCUT2D eigenvalue weighted by Gasteiger charge is 2.28. The molecule has 0 aromatic heterocycles. The Kier molecular flexibility index (Phi) is 3.06. The maximum atomic E-state index is 12.4. The number of hydrogen-bond acceptors (Lipinski definition) is 3. The van der Waals surface area contributed by atoms with Crippen LogP contribution in [0.1, 0.15) is 36.7 Å². The minimum Gasteiger partial charge on any atom is -0.508 e. The van der Waals surface area contributed by atoms with E-state index in [-0.39, 0.29) is 17.4 Å². The van der Waals surface area contributed by atoms with Gasteiger partial charge in [-0.15, -0.1) is 0 Å². The van der Waals surface area contributed by atoms with Crippen LogP contribution in [0, 0.1) is 5.41 Å². The zero-order valence-electron chi connectivity index (χ0n) is 12.7. The van der Waals surface area contributed by atoms with E-state index in [0.717, 1.165) is 11.1 Å². The first kappa shape index (κ1) is 14.3.